The molecule has 1 rings (SSSR count). The third-order valence-corrected chi connectivity index (χ3v) is 4.24. The summed E-state index contributed by atoms with van der Waals surface area (Å²) in [5.74, 6) is 0.686. The fourth-order valence-corrected chi connectivity index (χ4v) is 3.13. The first-order chi connectivity index (χ1) is 8.43. The van der Waals surface area contributed by atoms with Crippen molar-refractivity contribution in [1.29, 1.82) is 0 Å². The Hall–Kier alpha value is -0.980. The lowest BCUT2D eigenvalue weighted by atomic mass is 10.2. The molecule has 0 radical (unpaired) electrons. The Morgan fingerprint density at radius 1 is 1.56 bits per heavy atom. The number of nitro benzene ring substituents is 1. The van der Waals surface area contributed by atoms with Gasteiger partial charge in [-0.05, 0) is 24.6 Å². The summed E-state index contributed by atoms with van der Waals surface area (Å²) < 4.78 is 11.9. The molecule has 0 aliphatic carbocycles. The highest BCUT2D eigenvalue weighted by molar-refractivity contribution is 7.84. The normalized spacial score (nSPS) is 14.2. The fraction of sp³-hybridized carbons (Fsp3) is 0.455. The van der Waals surface area contributed by atoms with E-state index < -0.39 is 15.7 Å². The average Bonchev–Trinajstić information content (AvgIpc) is 2.28. The first-order valence-electron chi connectivity index (χ1n) is 5.42. The molecule has 7 heteroatoms. The van der Waals surface area contributed by atoms with E-state index in [0.29, 0.717) is 22.9 Å². The van der Waals surface area contributed by atoms with Crippen LogP contribution in [0.5, 0.6) is 0 Å². The van der Waals surface area contributed by atoms with Crippen LogP contribution in [-0.4, -0.2) is 21.4 Å². The van der Waals surface area contributed by atoms with Crippen LogP contribution in [0.25, 0.3) is 0 Å². The highest BCUT2D eigenvalue weighted by Crippen LogP contribution is 2.24. The van der Waals surface area contributed by atoms with Crippen molar-refractivity contribution >= 4 is 28.1 Å². The van der Waals surface area contributed by atoms with Gasteiger partial charge in [0.25, 0.3) is 5.69 Å². The molecular formula is C11H15ClN2O3S. The fourth-order valence-electron chi connectivity index (χ4n) is 1.47. The Labute approximate surface area is 113 Å². The van der Waals surface area contributed by atoms with Gasteiger partial charge >= 0.3 is 0 Å². The lowest BCUT2D eigenvalue weighted by Gasteiger charge is -2.08. The van der Waals surface area contributed by atoms with Crippen molar-refractivity contribution in [3.63, 3.8) is 0 Å². The van der Waals surface area contributed by atoms with E-state index >= 15 is 0 Å². The van der Waals surface area contributed by atoms with E-state index in [0.717, 1.165) is 0 Å². The minimum atomic E-state index is -1.18. The number of hydrogen-bond acceptors (Lipinski definition) is 4. The summed E-state index contributed by atoms with van der Waals surface area (Å²) in [7, 11) is -1.18. The second kappa shape index (κ2) is 6.82. The molecule has 0 heterocycles. The molecule has 100 valence electrons. The van der Waals surface area contributed by atoms with E-state index in [1.807, 2.05) is 6.92 Å². The summed E-state index contributed by atoms with van der Waals surface area (Å²) in [5, 5.41) is 11.2. The Morgan fingerprint density at radius 2 is 2.22 bits per heavy atom. The van der Waals surface area contributed by atoms with E-state index in [1.54, 1.807) is 0 Å². The SMILES string of the molecule is CC(CN)CS(=O)Cc1cc(Cl)ccc1[N+](=O)[O-]. The quantitative estimate of drug-likeness (QED) is 0.642. The Kier molecular flexibility index (Phi) is 5.71. The zero-order chi connectivity index (χ0) is 13.7. The molecule has 0 saturated carbocycles. The molecule has 18 heavy (non-hydrogen) atoms. The highest BCUT2D eigenvalue weighted by atomic mass is 35.5. The van der Waals surface area contributed by atoms with Crippen LogP contribution in [0.15, 0.2) is 18.2 Å². The highest BCUT2D eigenvalue weighted by Gasteiger charge is 2.17. The zero-order valence-electron chi connectivity index (χ0n) is 9.97. The van der Waals surface area contributed by atoms with Crippen LogP contribution in [0, 0.1) is 16.0 Å². The molecule has 0 bridgehead atoms. The summed E-state index contributed by atoms with van der Waals surface area (Å²) in [6, 6.07) is 4.28. The first-order valence-corrected chi connectivity index (χ1v) is 7.28. The smallest absolute Gasteiger partial charge is 0.273 e. The van der Waals surface area contributed by atoms with Gasteiger partial charge in [0.15, 0.2) is 0 Å². The molecule has 0 saturated heterocycles. The van der Waals surface area contributed by atoms with Gasteiger partial charge in [-0.15, -0.1) is 0 Å². The van der Waals surface area contributed by atoms with E-state index in [1.165, 1.54) is 18.2 Å². The van der Waals surface area contributed by atoms with Crippen molar-refractivity contribution in [2.75, 3.05) is 12.3 Å². The van der Waals surface area contributed by atoms with Crippen LogP contribution in [0.2, 0.25) is 5.02 Å². The van der Waals surface area contributed by atoms with Gasteiger partial charge < -0.3 is 5.73 Å². The number of hydrogen-bond donors (Lipinski definition) is 1. The third-order valence-electron chi connectivity index (χ3n) is 2.43. The zero-order valence-corrected chi connectivity index (χ0v) is 11.5. The maximum atomic E-state index is 11.9. The topological polar surface area (TPSA) is 86.2 Å². The van der Waals surface area contributed by atoms with Crippen LogP contribution in [0.1, 0.15) is 12.5 Å². The van der Waals surface area contributed by atoms with Crippen LogP contribution in [0.3, 0.4) is 0 Å². The largest absolute Gasteiger partial charge is 0.330 e. The van der Waals surface area contributed by atoms with Crippen LogP contribution < -0.4 is 5.73 Å². The van der Waals surface area contributed by atoms with E-state index in [9.17, 15) is 14.3 Å². The summed E-state index contributed by atoms with van der Waals surface area (Å²) in [4.78, 5) is 10.3. The summed E-state index contributed by atoms with van der Waals surface area (Å²) in [5.41, 5.74) is 5.80. The van der Waals surface area contributed by atoms with Crippen molar-refractivity contribution in [2.45, 2.75) is 12.7 Å². The maximum Gasteiger partial charge on any atom is 0.273 e. The van der Waals surface area contributed by atoms with Crippen molar-refractivity contribution in [2.24, 2.45) is 11.7 Å². The monoisotopic (exact) mass is 290 g/mol. The second-order valence-electron chi connectivity index (χ2n) is 4.12. The minimum absolute atomic E-state index is 0.0480. The first kappa shape index (κ1) is 15.1. The summed E-state index contributed by atoms with van der Waals surface area (Å²) in [6.45, 7) is 2.34. The Balaban J connectivity index is 2.86. The van der Waals surface area contributed by atoms with Gasteiger partial charge in [0.2, 0.25) is 0 Å². The molecule has 0 spiro atoms. The second-order valence-corrected chi connectivity index (χ2v) is 6.06. The minimum Gasteiger partial charge on any atom is -0.330 e. The molecule has 0 amide bonds. The number of benzene rings is 1. The lowest BCUT2D eigenvalue weighted by Crippen LogP contribution is -2.18. The standard InChI is InChI=1S/C11H15ClN2O3S/c1-8(5-13)6-18(17)7-9-4-10(12)2-3-11(9)14(15)16/h2-4,8H,5-7,13H2,1H3. The van der Waals surface area contributed by atoms with Crippen molar-refractivity contribution < 1.29 is 9.13 Å². The van der Waals surface area contributed by atoms with Gasteiger partial charge in [0.1, 0.15) is 0 Å². The predicted octanol–water partition coefficient (Wildman–Crippen LogP) is 2.09. The van der Waals surface area contributed by atoms with Gasteiger partial charge in [-0.3, -0.25) is 14.3 Å². The lowest BCUT2D eigenvalue weighted by molar-refractivity contribution is -0.385. The molecule has 2 unspecified atom stereocenters. The number of rotatable bonds is 6. The number of nitrogens with zero attached hydrogens (tertiary/aromatic N) is 1. The Bertz CT molecular complexity index is 468. The van der Waals surface area contributed by atoms with Crippen molar-refractivity contribution in [1.82, 2.24) is 0 Å². The summed E-state index contributed by atoms with van der Waals surface area (Å²) >= 11 is 5.80. The summed E-state index contributed by atoms with van der Waals surface area (Å²) in [6.07, 6.45) is 0. The van der Waals surface area contributed by atoms with E-state index in [2.05, 4.69) is 0 Å². The molecule has 0 aliphatic rings. The predicted molar refractivity (Wildman–Crippen MR) is 73.0 cm³/mol. The van der Waals surface area contributed by atoms with Gasteiger partial charge in [-0.25, -0.2) is 0 Å². The van der Waals surface area contributed by atoms with Crippen LogP contribution in [0.4, 0.5) is 5.69 Å². The number of halogens is 1. The van der Waals surface area contributed by atoms with Crippen LogP contribution in [-0.2, 0) is 16.6 Å². The molecule has 0 aromatic heterocycles. The molecule has 2 atom stereocenters. The molecule has 0 aliphatic heterocycles. The van der Waals surface area contributed by atoms with E-state index in [-0.39, 0.29) is 17.4 Å². The molecule has 2 N–H and O–H groups in total. The molecule has 5 nitrogen and oxygen atoms in total. The van der Waals surface area contributed by atoms with Crippen molar-refractivity contribution in [3.05, 3.63) is 38.9 Å². The van der Waals surface area contributed by atoms with Gasteiger partial charge in [-0.2, -0.15) is 0 Å². The van der Waals surface area contributed by atoms with Gasteiger partial charge in [0, 0.05) is 33.2 Å². The number of nitro groups is 1. The van der Waals surface area contributed by atoms with Gasteiger partial charge in [-0.1, -0.05) is 18.5 Å². The van der Waals surface area contributed by atoms with Gasteiger partial charge in [0.05, 0.1) is 10.7 Å². The molecule has 1 aromatic carbocycles. The molecular weight excluding hydrogens is 276 g/mol. The van der Waals surface area contributed by atoms with E-state index in [4.69, 9.17) is 17.3 Å². The maximum absolute atomic E-state index is 11.9. The third kappa shape index (κ3) is 4.36. The number of nitrogens with two attached hydrogens (primary N) is 1. The molecule has 0 fully saturated rings. The van der Waals surface area contributed by atoms with Crippen LogP contribution >= 0.6 is 11.6 Å². The average molecular weight is 291 g/mol. The van der Waals surface area contributed by atoms with Crippen molar-refractivity contribution in [3.8, 4) is 0 Å². The Morgan fingerprint density at radius 3 is 2.78 bits per heavy atom. The molecule has 1 aromatic rings.